The summed E-state index contributed by atoms with van der Waals surface area (Å²) in [6.07, 6.45) is 2.71. The number of nitrogens with zero attached hydrogens (tertiary/aromatic N) is 2. The van der Waals surface area contributed by atoms with Gasteiger partial charge in [-0.2, -0.15) is 4.31 Å². The van der Waals surface area contributed by atoms with E-state index in [2.05, 4.69) is 0 Å². The predicted octanol–water partition coefficient (Wildman–Crippen LogP) is 1.55. The highest BCUT2D eigenvalue weighted by atomic mass is 32.2. The second-order valence-electron chi connectivity index (χ2n) is 7.02. The topological polar surface area (TPSA) is 95.0 Å². The number of halogens is 1. The first-order valence-electron chi connectivity index (χ1n) is 9.08. The Kier molecular flexibility index (Phi) is 5.81. The molecule has 7 nitrogen and oxygen atoms in total. The Labute approximate surface area is 157 Å². The number of hydrogen-bond acceptors (Lipinski definition) is 4. The van der Waals surface area contributed by atoms with Crippen LogP contribution in [0.4, 0.5) is 4.39 Å². The van der Waals surface area contributed by atoms with Gasteiger partial charge in [0.25, 0.3) is 0 Å². The van der Waals surface area contributed by atoms with Crippen LogP contribution in [0.1, 0.15) is 25.7 Å². The standard InChI is InChI=1S/C18H23FN2O5S/c19-13-5-7-14(8-6-13)27(25,26)21-11-9-20(10-12-21)17(22)15-3-1-2-4-16(15)18(23)24/h5-8,15-16H,1-4,9-12H2,(H,23,24)/t15-,16-/m0/s1. The third kappa shape index (κ3) is 4.14. The summed E-state index contributed by atoms with van der Waals surface area (Å²) in [5, 5.41) is 9.37. The molecule has 2 aliphatic rings. The van der Waals surface area contributed by atoms with Gasteiger partial charge in [0.2, 0.25) is 15.9 Å². The van der Waals surface area contributed by atoms with Crippen LogP contribution >= 0.6 is 0 Å². The molecule has 1 saturated heterocycles. The Balaban J connectivity index is 1.65. The largest absolute Gasteiger partial charge is 0.481 e. The summed E-state index contributed by atoms with van der Waals surface area (Å²) in [5.41, 5.74) is 0. The van der Waals surface area contributed by atoms with E-state index in [0.29, 0.717) is 12.8 Å². The molecule has 0 aromatic heterocycles. The van der Waals surface area contributed by atoms with Crippen molar-refractivity contribution in [2.45, 2.75) is 30.6 Å². The number of aliphatic carboxylic acids is 1. The number of rotatable bonds is 4. The number of sulfonamides is 1. The molecule has 1 aliphatic heterocycles. The van der Waals surface area contributed by atoms with Gasteiger partial charge in [0.1, 0.15) is 5.82 Å². The number of hydrogen-bond donors (Lipinski definition) is 1. The molecule has 0 unspecified atom stereocenters. The summed E-state index contributed by atoms with van der Waals surface area (Å²) in [7, 11) is -3.74. The van der Waals surface area contributed by atoms with E-state index in [4.69, 9.17) is 0 Å². The molecule has 0 bridgehead atoms. The molecule has 1 heterocycles. The van der Waals surface area contributed by atoms with Gasteiger partial charge in [-0.15, -0.1) is 0 Å². The molecule has 2 atom stereocenters. The number of carbonyl (C=O) groups excluding carboxylic acids is 1. The summed E-state index contributed by atoms with van der Waals surface area (Å²) in [4.78, 5) is 25.8. The number of piperazine rings is 1. The maximum Gasteiger partial charge on any atom is 0.307 e. The van der Waals surface area contributed by atoms with Crippen molar-refractivity contribution in [3.05, 3.63) is 30.1 Å². The van der Waals surface area contributed by atoms with Gasteiger partial charge < -0.3 is 10.0 Å². The zero-order valence-electron chi connectivity index (χ0n) is 14.9. The van der Waals surface area contributed by atoms with Crippen molar-refractivity contribution < 1.29 is 27.5 Å². The number of benzene rings is 1. The lowest BCUT2D eigenvalue weighted by Crippen LogP contribution is -2.53. The lowest BCUT2D eigenvalue weighted by Gasteiger charge is -2.38. The summed E-state index contributed by atoms with van der Waals surface area (Å²) in [6.45, 7) is 0.718. The van der Waals surface area contributed by atoms with E-state index in [-0.39, 0.29) is 37.0 Å². The molecule has 9 heteroatoms. The maximum atomic E-state index is 13.0. The maximum absolute atomic E-state index is 13.0. The molecule has 1 N–H and O–H groups in total. The zero-order valence-corrected chi connectivity index (χ0v) is 15.7. The third-order valence-corrected chi connectivity index (χ3v) is 7.31. The van der Waals surface area contributed by atoms with Crippen LogP contribution in [0, 0.1) is 17.7 Å². The Morgan fingerprint density at radius 2 is 1.52 bits per heavy atom. The van der Waals surface area contributed by atoms with Crippen LogP contribution in [0.25, 0.3) is 0 Å². The van der Waals surface area contributed by atoms with E-state index in [1.165, 1.54) is 16.4 Å². The summed E-state index contributed by atoms with van der Waals surface area (Å²) >= 11 is 0. The lowest BCUT2D eigenvalue weighted by atomic mass is 9.78. The monoisotopic (exact) mass is 398 g/mol. The first-order valence-corrected chi connectivity index (χ1v) is 10.5. The number of carboxylic acid groups (broad SMARTS) is 1. The van der Waals surface area contributed by atoms with Gasteiger partial charge in [0, 0.05) is 26.2 Å². The molecule has 148 valence electrons. The van der Waals surface area contributed by atoms with Crippen LogP contribution in [0.15, 0.2) is 29.2 Å². The predicted molar refractivity (Wildman–Crippen MR) is 94.8 cm³/mol. The van der Waals surface area contributed by atoms with Gasteiger partial charge in [0.15, 0.2) is 0 Å². The zero-order chi connectivity index (χ0) is 19.6. The van der Waals surface area contributed by atoms with Crippen molar-refractivity contribution in [1.29, 1.82) is 0 Å². The molecule has 1 amide bonds. The molecule has 0 radical (unpaired) electrons. The SMILES string of the molecule is O=C(O)[C@H]1CCCC[C@@H]1C(=O)N1CCN(S(=O)(=O)c2ccc(F)cc2)CC1. The molecule has 1 aliphatic carbocycles. The van der Waals surface area contributed by atoms with Crippen LogP contribution in [0.5, 0.6) is 0 Å². The minimum absolute atomic E-state index is 0.0156. The molecular formula is C18H23FN2O5S. The minimum atomic E-state index is -3.74. The van der Waals surface area contributed by atoms with E-state index >= 15 is 0 Å². The molecule has 1 aromatic carbocycles. The first kappa shape index (κ1) is 19.8. The van der Waals surface area contributed by atoms with Gasteiger partial charge in [0.05, 0.1) is 16.7 Å². The second kappa shape index (κ2) is 7.93. The molecule has 1 aromatic rings. The van der Waals surface area contributed by atoms with Crippen molar-refractivity contribution in [3.8, 4) is 0 Å². The van der Waals surface area contributed by atoms with Crippen LogP contribution < -0.4 is 0 Å². The van der Waals surface area contributed by atoms with Crippen molar-refractivity contribution >= 4 is 21.9 Å². The van der Waals surface area contributed by atoms with Gasteiger partial charge >= 0.3 is 5.97 Å². The fraction of sp³-hybridized carbons (Fsp3) is 0.556. The number of amides is 1. The van der Waals surface area contributed by atoms with E-state index in [9.17, 15) is 27.5 Å². The highest BCUT2D eigenvalue weighted by Gasteiger charge is 2.39. The fourth-order valence-corrected chi connectivity index (χ4v) is 5.28. The molecule has 0 spiro atoms. The van der Waals surface area contributed by atoms with Gasteiger partial charge in [-0.3, -0.25) is 9.59 Å². The van der Waals surface area contributed by atoms with Crippen molar-refractivity contribution in [3.63, 3.8) is 0 Å². The first-order chi connectivity index (χ1) is 12.8. The average molecular weight is 398 g/mol. The lowest BCUT2D eigenvalue weighted by molar-refractivity contribution is -0.152. The van der Waals surface area contributed by atoms with Crippen LogP contribution in [0.3, 0.4) is 0 Å². The molecule has 2 fully saturated rings. The molecule has 3 rings (SSSR count). The van der Waals surface area contributed by atoms with Crippen LogP contribution in [-0.4, -0.2) is 60.8 Å². The van der Waals surface area contributed by atoms with Crippen molar-refractivity contribution in [1.82, 2.24) is 9.21 Å². The van der Waals surface area contributed by atoms with Crippen LogP contribution in [-0.2, 0) is 19.6 Å². The van der Waals surface area contributed by atoms with E-state index in [1.54, 1.807) is 4.90 Å². The molecule has 27 heavy (non-hydrogen) atoms. The van der Waals surface area contributed by atoms with E-state index < -0.39 is 33.6 Å². The fourth-order valence-electron chi connectivity index (χ4n) is 3.86. The minimum Gasteiger partial charge on any atom is -0.481 e. The highest BCUT2D eigenvalue weighted by Crippen LogP contribution is 2.32. The Morgan fingerprint density at radius 1 is 0.963 bits per heavy atom. The normalized spacial score (nSPS) is 24.6. The Hall–Kier alpha value is -2.00. The molecular weight excluding hydrogens is 375 g/mol. The van der Waals surface area contributed by atoms with Crippen molar-refractivity contribution in [2.24, 2.45) is 11.8 Å². The Bertz CT molecular complexity index is 804. The molecule has 1 saturated carbocycles. The number of carbonyl (C=O) groups is 2. The summed E-state index contributed by atoms with van der Waals surface area (Å²) < 4.78 is 39.6. The van der Waals surface area contributed by atoms with Crippen molar-refractivity contribution in [2.75, 3.05) is 26.2 Å². The second-order valence-corrected chi connectivity index (χ2v) is 8.96. The summed E-state index contributed by atoms with van der Waals surface area (Å²) in [5.74, 6) is -2.83. The Morgan fingerprint density at radius 3 is 2.07 bits per heavy atom. The average Bonchev–Trinajstić information content (AvgIpc) is 2.68. The van der Waals surface area contributed by atoms with E-state index in [0.717, 1.165) is 25.0 Å². The summed E-state index contributed by atoms with van der Waals surface area (Å²) in [6, 6.07) is 4.65. The van der Waals surface area contributed by atoms with Gasteiger partial charge in [-0.25, -0.2) is 12.8 Å². The highest BCUT2D eigenvalue weighted by molar-refractivity contribution is 7.89. The van der Waals surface area contributed by atoms with Crippen LogP contribution in [0.2, 0.25) is 0 Å². The third-order valence-electron chi connectivity index (χ3n) is 5.40. The van der Waals surface area contributed by atoms with Gasteiger partial charge in [-0.1, -0.05) is 12.8 Å². The number of carboxylic acids is 1. The quantitative estimate of drug-likeness (QED) is 0.830. The van der Waals surface area contributed by atoms with E-state index in [1.807, 2.05) is 0 Å². The smallest absolute Gasteiger partial charge is 0.307 e. The van der Waals surface area contributed by atoms with Gasteiger partial charge in [-0.05, 0) is 37.1 Å².